The number of aliphatic hydroxyl groups excluding tert-OH is 1. The second-order valence-corrected chi connectivity index (χ2v) is 26.0. The fourth-order valence-corrected chi connectivity index (χ4v) is 11.5. The largest absolute Gasteiger partial charge is 0.450 e. The van der Waals surface area contributed by atoms with Crippen LogP contribution in [0.3, 0.4) is 0 Å². The number of nitrogens with one attached hydrogen (secondary N) is 2. The minimum Gasteiger partial charge on any atom is -0.450 e. The Labute approximate surface area is 500 Å². The van der Waals surface area contributed by atoms with Crippen molar-refractivity contribution in [1.82, 2.24) is 10.6 Å². The van der Waals surface area contributed by atoms with Crippen LogP contribution in [0.2, 0.25) is 0 Å². The molecule has 2 aliphatic rings. The second-order valence-electron chi connectivity index (χ2n) is 26.0. The Kier molecular flexibility index (Phi) is 59.7. The van der Waals surface area contributed by atoms with Crippen LogP contribution in [0.5, 0.6) is 0 Å². The number of hydrogen-bond donors (Lipinski definition) is 3. The number of aliphatic hydroxyl groups is 1. The van der Waals surface area contributed by atoms with Crippen molar-refractivity contribution in [1.29, 1.82) is 0 Å². The van der Waals surface area contributed by atoms with Gasteiger partial charge in [-0.25, -0.2) is 29.2 Å². The number of nitrogens with zero attached hydrogens (tertiary/aromatic N) is 2. The zero-order chi connectivity index (χ0) is 59.3. The van der Waals surface area contributed by atoms with Crippen molar-refractivity contribution in [3.63, 3.8) is 0 Å². The van der Waals surface area contributed by atoms with Gasteiger partial charge in [-0.05, 0) is 62.7 Å². The zero-order valence-corrected chi connectivity index (χ0v) is 54.3. The highest BCUT2D eigenvalue weighted by Gasteiger charge is 2.29. The first-order valence-corrected chi connectivity index (χ1v) is 35.1. The van der Waals surface area contributed by atoms with Gasteiger partial charge in [-0.15, -0.1) is 0 Å². The molecule has 81 heavy (non-hydrogen) atoms. The van der Waals surface area contributed by atoms with Crippen LogP contribution in [0.15, 0.2) is 9.98 Å². The first-order chi connectivity index (χ1) is 39.5. The summed E-state index contributed by atoms with van der Waals surface area (Å²) in [5, 5.41) is 14.7. The van der Waals surface area contributed by atoms with Crippen LogP contribution in [0, 0.1) is 17.8 Å². The number of rotatable bonds is 51. The Morgan fingerprint density at radius 3 is 0.827 bits per heavy atom. The average Bonchev–Trinajstić information content (AvgIpc) is 3.44. The summed E-state index contributed by atoms with van der Waals surface area (Å²) in [4.78, 5) is 52.1. The van der Waals surface area contributed by atoms with Crippen molar-refractivity contribution >= 4 is 24.3 Å². The van der Waals surface area contributed by atoms with Gasteiger partial charge in [0.25, 0.3) is 0 Å². The van der Waals surface area contributed by atoms with Crippen LogP contribution < -0.4 is 10.6 Å². The lowest BCUT2D eigenvalue weighted by atomic mass is 9.90. The molecule has 0 aromatic rings. The average molecular weight is 1140 g/mol. The summed E-state index contributed by atoms with van der Waals surface area (Å²) >= 11 is 0. The molecule has 3 N–H and O–H groups in total. The third kappa shape index (κ3) is 57.5. The molecule has 2 saturated carbocycles. The van der Waals surface area contributed by atoms with Crippen molar-refractivity contribution in [2.75, 3.05) is 19.8 Å². The van der Waals surface area contributed by atoms with E-state index in [-0.39, 0.29) is 36.4 Å². The van der Waals surface area contributed by atoms with Crippen LogP contribution in [-0.2, 0) is 19.1 Å². The van der Waals surface area contributed by atoms with Gasteiger partial charge in [-0.2, -0.15) is 0 Å². The molecule has 0 spiro atoms. The number of hydrogen-bond acceptors (Lipinski definition) is 9. The predicted molar refractivity (Wildman–Crippen MR) is 343 cm³/mol. The number of alkyl carbamates (subject to hydrolysis) is 2. The quantitative estimate of drug-likeness (QED) is 0.0311. The van der Waals surface area contributed by atoms with Crippen molar-refractivity contribution in [2.45, 2.75) is 387 Å². The Morgan fingerprint density at radius 1 is 0.370 bits per heavy atom. The predicted octanol–water partition coefficient (Wildman–Crippen LogP) is 21.1. The van der Waals surface area contributed by atoms with Gasteiger partial charge in [0.2, 0.25) is 12.2 Å². The van der Waals surface area contributed by atoms with Gasteiger partial charge in [-0.3, -0.25) is 0 Å². The molecule has 2 fully saturated rings. The normalized spacial score (nSPS) is 16.9. The van der Waals surface area contributed by atoms with E-state index in [1.807, 2.05) is 0 Å². The van der Waals surface area contributed by atoms with Gasteiger partial charge in [-0.1, -0.05) is 318 Å². The molecule has 0 bridgehead atoms. The highest BCUT2D eigenvalue weighted by molar-refractivity contribution is 5.69. The van der Waals surface area contributed by atoms with Gasteiger partial charge in [0, 0.05) is 6.61 Å². The Balaban J connectivity index is 0.00000166. The highest BCUT2D eigenvalue weighted by atomic mass is 16.6. The van der Waals surface area contributed by atoms with Crippen LogP contribution in [0.4, 0.5) is 9.59 Å². The van der Waals surface area contributed by atoms with Crippen LogP contribution in [0.1, 0.15) is 363 Å². The molecule has 0 aromatic carbocycles. The summed E-state index contributed by atoms with van der Waals surface area (Å²) in [5.41, 5.74) is 0. The Morgan fingerprint density at radius 2 is 0.593 bits per heavy atom. The fourth-order valence-electron chi connectivity index (χ4n) is 11.5. The summed E-state index contributed by atoms with van der Waals surface area (Å²) < 4.78 is 11.0. The van der Waals surface area contributed by atoms with E-state index in [1.54, 1.807) is 0 Å². The molecular weight excluding hydrogens is 1010 g/mol. The highest BCUT2D eigenvalue weighted by Crippen LogP contribution is 2.24. The van der Waals surface area contributed by atoms with Gasteiger partial charge in [0.15, 0.2) is 0 Å². The summed E-state index contributed by atoms with van der Waals surface area (Å²) in [6, 6.07) is -0.470. The standard InChI is InChI=1S/C44H86N2O4.C18H38O.C8H10N2O2/c1-39(2)33-27-23-19-15-11-7-5-9-13-17-21-25-31-37-49-43(47)45-41-35-29-30-36-42(41)46-44(48)50-38-32-26-22-18-14-10-6-8-12-16-20-24-28-34-40(3)4;1-18(2)16-14-12-10-8-6-4-3-5-7-9-11-13-15-17-19;11-5-9-7-3-1-2-4-8(7)10-6-12/h39-42H,5-38H2,1-4H3,(H,45,47)(H,46,48);18-19H,3-17H2,1-2H3;7-8H,1-4H2/t41-,42-;;7-,8-/m1.1/s1. The zero-order valence-electron chi connectivity index (χ0n) is 54.3. The van der Waals surface area contributed by atoms with Crippen molar-refractivity contribution < 1.29 is 33.8 Å². The summed E-state index contributed by atoms with van der Waals surface area (Å²) in [6.45, 7) is 15.2. The topological polar surface area (TPSA) is 156 Å². The number of amides is 2. The van der Waals surface area contributed by atoms with E-state index in [0.717, 1.165) is 101 Å². The van der Waals surface area contributed by atoms with E-state index in [4.69, 9.17) is 14.6 Å². The first-order valence-electron chi connectivity index (χ1n) is 35.1. The third-order valence-corrected chi connectivity index (χ3v) is 16.8. The third-order valence-electron chi connectivity index (χ3n) is 16.8. The fraction of sp³-hybridized carbons (Fsp3) is 0.943. The molecule has 0 saturated heterocycles. The van der Waals surface area contributed by atoms with Gasteiger partial charge in [0.1, 0.15) is 0 Å². The molecule has 0 aliphatic heterocycles. The van der Waals surface area contributed by atoms with Crippen molar-refractivity contribution in [3.8, 4) is 0 Å². The maximum absolute atomic E-state index is 12.5. The summed E-state index contributed by atoms with van der Waals surface area (Å²) in [6.07, 6.45) is 66.0. The number of unbranched alkanes of at least 4 members (excludes halogenated alkanes) is 36. The SMILES string of the molecule is CC(C)CCCCCCCCCCCCCCCO.CC(C)CCCCCCCCCCCCCCCOC(=O)N[C@@H]1CCCC[C@H]1NC(=O)OCCCCCCCCCCCCCCCC(C)C.O=C=N[C@@H]1CCCC[C@H]1N=C=O. The molecule has 0 heterocycles. The molecule has 476 valence electrons. The van der Waals surface area contributed by atoms with Gasteiger partial charge in [0.05, 0.1) is 37.4 Å². The molecule has 0 radical (unpaired) electrons. The molecule has 11 heteroatoms. The molecule has 0 unspecified atom stereocenters. The molecule has 0 aromatic heterocycles. The van der Waals surface area contributed by atoms with E-state index >= 15 is 0 Å². The summed E-state index contributed by atoms with van der Waals surface area (Å²) in [5.74, 6) is 2.59. The molecule has 2 aliphatic carbocycles. The molecular formula is C70H134N4O7. The van der Waals surface area contributed by atoms with Crippen molar-refractivity contribution in [3.05, 3.63) is 0 Å². The van der Waals surface area contributed by atoms with Gasteiger partial charge < -0.3 is 25.2 Å². The van der Waals surface area contributed by atoms with Crippen molar-refractivity contribution in [2.24, 2.45) is 27.7 Å². The number of aliphatic imine (C=N–C) groups is 2. The van der Waals surface area contributed by atoms with E-state index in [2.05, 4.69) is 62.2 Å². The lowest BCUT2D eigenvalue weighted by Gasteiger charge is -2.32. The van der Waals surface area contributed by atoms with E-state index < -0.39 is 0 Å². The molecule has 2 amide bonds. The first kappa shape index (κ1) is 78.3. The lowest BCUT2D eigenvalue weighted by Crippen LogP contribution is -2.53. The number of carbonyl (C=O) groups is 2. The molecule has 4 atom stereocenters. The van der Waals surface area contributed by atoms with E-state index in [9.17, 15) is 19.2 Å². The monoisotopic (exact) mass is 1140 g/mol. The van der Waals surface area contributed by atoms with E-state index in [0.29, 0.717) is 19.8 Å². The Hall–Kier alpha value is -2.74. The number of carbonyl (C=O) groups excluding carboxylic acids is 4. The molecule has 2 rings (SSSR count). The molecule has 11 nitrogen and oxygen atoms in total. The Bertz CT molecular complexity index is 1360. The maximum atomic E-state index is 12.5. The second kappa shape index (κ2) is 61.8. The van der Waals surface area contributed by atoms with Gasteiger partial charge >= 0.3 is 12.2 Å². The van der Waals surface area contributed by atoms with Crippen LogP contribution in [-0.4, -0.2) is 73.4 Å². The van der Waals surface area contributed by atoms with E-state index in [1.165, 1.54) is 250 Å². The smallest absolute Gasteiger partial charge is 0.407 e. The van der Waals surface area contributed by atoms with Crippen LogP contribution in [0.25, 0.3) is 0 Å². The minimum absolute atomic E-state index is 0.0941. The van der Waals surface area contributed by atoms with Crippen LogP contribution >= 0.6 is 0 Å². The lowest BCUT2D eigenvalue weighted by molar-refractivity contribution is 0.122. The number of isocyanates is 2. The maximum Gasteiger partial charge on any atom is 0.407 e. The number of ether oxygens (including phenoxy) is 2. The summed E-state index contributed by atoms with van der Waals surface area (Å²) in [7, 11) is 0. The minimum atomic E-state index is -0.357.